The van der Waals surface area contributed by atoms with E-state index in [1.807, 2.05) is 12.1 Å². The Morgan fingerprint density at radius 2 is 1.89 bits per heavy atom. The van der Waals surface area contributed by atoms with Crippen molar-refractivity contribution in [3.63, 3.8) is 0 Å². The molecule has 0 bridgehead atoms. The quantitative estimate of drug-likeness (QED) is 0.173. The molecular weight excluding hydrogens is 589 g/mol. The third kappa shape index (κ3) is 8.21. The van der Waals surface area contributed by atoms with Crippen molar-refractivity contribution < 1.29 is 28.2 Å². The van der Waals surface area contributed by atoms with Gasteiger partial charge in [-0.25, -0.2) is 9.18 Å². The predicted octanol–water partition coefficient (Wildman–Crippen LogP) is 7.61. The van der Waals surface area contributed by atoms with Gasteiger partial charge in [0.2, 0.25) is 5.91 Å². The number of benzene rings is 2. The molecular formula is C32H41ClFN5O5. The monoisotopic (exact) mass is 629 g/mol. The first-order valence-corrected chi connectivity index (χ1v) is 15.3. The first-order chi connectivity index (χ1) is 20.8. The van der Waals surface area contributed by atoms with Crippen molar-refractivity contribution in [2.45, 2.75) is 89.6 Å². The standard InChI is InChI=1S/C32H41ClFN5O5/c1-31(2,3)44-30(41)39-23(19-43-32(39,4)5)13-14-24-25(34)7-6-8-26(24)36-29(40)28(37-38-35)27(21-15-17-42-18-16-21)20-9-11-22(33)12-10-20/h6-12,21,23,27-28H,13-19H2,1-5H3,(H,36,40)/t23?,27?,28-/m0/s1. The van der Waals surface area contributed by atoms with Gasteiger partial charge < -0.3 is 19.5 Å². The van der Waals surface area contributed by atoms with Gasteiger partial charge in [0.15, 0.2) is 0 Å². The summed E-state index contributed by atoms with van der Waals surface area (Å²) >= 11 is 6.14. The van der Waals surface area contributed by atoms with Gasteiger partial charge in [-0.2, -0.15) is 0 Å². The third-order valence-electron chi connectivity index (χ3n) is 8.08. The van der Waals surface area contributed by atoms with Gasteiger partial charge in [0, 0.05) is 40.3 Å². The van der Waals surface area contributed by atoms with Crippen molar-refractivity contribution in [2.75, 3.05) is 25.1 Å². The number of carbonyl (C=O) groups excluding carboxylic acids is 2. The van der Waals surface area contributed by atoms with Crippen LogP contribution < -0.4 is 5.32 Å². The highest BCUT2D eigenvalue weighted by atomic mass is 35.5. The van der Waals surface area contributed by atoms with Crippen molar-refractivity contribution in [1.29, 1.82) is 0 Å². The van der Waals surface area contributed by atoms with Crippen molar-refractivity contribution in [3.05, 3.63) is 74.9 Å². The van der Waals surface area contributed by atoms with E-state index in [1.54, 1.807) is 57.7 Å². The van der Waals surface area contributed by atoms with Crippen molar-refractivity contribution in [3.8, 4) is 0 Å². The van der Waals surface area contributed by atoms with Gasteiger partial charge in [0.05, 0.1) is 12.6 Å². The van der Waals surface area contributed by atoms with Crippen LogP contribution in [0.4, 0.5) is 14.9 Å². The molecule has 2 heterocycles. The molecule has 2 aliphatic rings. The minimum atomic E-state index is -1.10. The number of hydrogen-bond acceptors (Lipinski definition) is 6. The average Bonchev–Trinajstić information content (AvgIpc) is 3.27. The van der Waals surface area contributed by atoms with Crippen LogP contribution in [0.15, 0.2) is 47.6 Å². The van der Waals surface area contributed by atoms with E-state index in [2.05, 4.69) is 15.3 Å². The lowest BCUT2D eigenvalue weighted by Crippen LogP contribution is -2.50. The maximum Gasteiger partial charge on any atom is 0.412 e. The van der Waals surface area contributed by atoms with Crippen LogP contribution in [-0.2, 0) is 25.4 Å². The molecule has 10 nitrogen and oxygen atoms in total. The van der Waals surface area contributed by atoms with Crippen LogP contribution in [0.5, 0.6) is 0 Å². The van der Waals surface area contributed by atoms with Crippen molar-refractivity contribution in [1.82, 2.24) is 4.90 Å². The molecule has 2 saturated heterocycles. The van der Waals surface area contributed by atoms with E-state index in [-0.39, 0.29) is 36.2 Å². The summed E-state index contributed by atoms with van der Waals surface area (Å²) in [6, 6.07) is 10.1. The van der Waals surface area contributed by atoms with E-state index < -0.39 is 41.1 Å². The van der Waals surface area contributed by atoms with E-state index in [1.165, 1.54) is 12.1 Å². The first-order valence-electron chi connectivity index (χ1n) is 14.9. The summed E-state index contributed by atoms with van der Waals surface area (Å²) in [5.41, 5.74) is 9.28. The fraction of sp³-hybridized carbons (Fsp3) is 0.562. The summed E-state index contributed by atoms with van der Waals surface area (Å²) in [5.74, 6) is -1.46. The zero-order chi connectivity index (χ0) is 32.1. The molecule has 2 unspecified atom stereocenters. The highest BCUT2D eigenvalue weighted by molar-refractivity contribution is 6.30. The second-order valence-corrected chi connectivity index (χ2v) is 13.2. The summed E-state index contributed by atoms with van der Waals surface area (Å²) in [6.07, 6.45) is 1.44. The van der Waals surface area contributed by atoms with Crippen LogP contribution in [0.3, 0.4) is 0 Å². The van der Waals surface area contributed by atoms with Gasteiger partial charge in [-0.05, 0) is 102 Å². The number of carbonyl (C=O) groups is 2. The largest absolute Gasteiger partial charge is 0.444 e. The molecule has 238 valence electrons. The van der Waals surface area contributed by atoms with Crippen LogP contribution in [0.25, 0.3) is 10.4 Å². The number of hydrogen-bond donors (Lipinski definition) is 1. The Kier molecular flexibility index (Phi) is 10.8. The summed E-state index contributed by atoms with van der Waals surface area (Å²) in [7, 11) is 0. The molecule has 0 aromatic heterocycles. The second kappa shape index (κ2) is 14.2. The normalized spacial score (nSPS) is 20.0. The first kappa shape index (κ1) is 33.5. The Bertz CT molecular complexity index is 1370. The molecule has 2 aliphatic heterocycles. The highest BCUT2D eigenvalue weighted by Crippen LogP contribution is 2.38. The SMILES string of the molecule is CC(C)(C)OC(=O)N1C(CCc2c(F)cccc2NC(=O)[C@@H](N=[N+]=[N-])C(c2ccc(Cl)cc2)C2CCOCC2)COC1(C)C. The van der Waals surface area contributed by atoms with Gasteiger partial charge in [-0.15, -0.1) is 0 Å². The number of halogens is 2. The second-order valence-electron chi connectivity index (χ2n) is 12.7. The Labute approximate surface area is 262 Å². The number of ether oxygens (including phenoxy) is 3. The lowest BCUT2D eigenvalue weighted by atomic mass is 9.76. The summed E-state index contributed by atoms with van der Waals surface area (Å²) in [5, 5.41) is 7.36. The maximum atomic E-state index is 15.3. The molecule has 2 fully saturated rings. The third-order valence-corrected chi connectivity index (χ3v) is 8.33. The maximum absolute atomic E-state index is 15.3. The molecule has 0 aliphatic carbocycles. The van der Waals surface area contributed by atoms with Gasteiger partial charge in [-0.1, -0.05) is 34.9 Å². The van der Waals surface area contributed by atoms with Crippen molar-refractivity contribution in [2.24, 2.45) is 11.0 Å². The Morgan fingerprint density at radius 1 is 1.20 bits per heavy atom. The number of nitrogens with one attached hydrogen (secondary N) is 1. The van der Waals surface area contributed by atoms with E-state index >= 15 is 4.39 Å². The minimum absolute atomic E-state index is 0.0164. The smallest absolute Gasteiger partial charge is 0.412 e. The summed E-state index contributed by atoms with van der Waals surface area (Å²) < 4.78 is 32.4. The van der Waals surface area contributed by atoms with Crippen LogP contribution >= 0.6 is 11.6 Å². The van der Waals surface area contributed by atoms with Gasteiger partial charge in [0.1, 0.15) is 23.2 Å². The zero-order valence-corrected chi connectivity index (χ0v) is 26.6. The van der Waals surface area contributed by atoms with E-state index in [0.29, 0.717) is 37.5 Å². The number of amides is 2. The number of nitrogens with zero attached hydrogens (tertiary/aromatic N) is 4. The van der Waals surface area contributed by atoms with Crippen LogP contribution in [0.2, 0.25) is 5.02 Å². The molecule has 0 spiro atoms. The average molecular weight is 630 g/mol. The van der Waals surface area contributed by atoms with E-state index in [4.69, 9.17) is 25.8 Å². The summed E-state index contributed by atoms with van der Waals surface area (Å²) in [6.45, 7) is 10.3. The number of azide groups is 1. The number of anilines is 1. The molecule has 2 amide bonds. The number of rotatable bonds is 9. The molecule has 2 aromatic carbocycles. The van der Waals surface area contributed by atoms with Crippen LogP contribution in [-0.4, -0.2) is 60.1 Å². The molecule has 4 rings (SSSR count). The minimum Gasteiger partial charge on any atom is -0.444 e. The molecule has 1 N–H and O–H groups in total. The van der Waals surface area contributed by atoms with Gasteiger partial charge in [0.25, 0.3) is 0 Å². The van der Waals surface area contributed by atoms with E-state index in [9.17, 15) is 15.1 Å². The van der Waals surface area contributed by atoms with Crippen LogP contribution in [0, 0.1) is 11.7 Å². The van der Waals surface area contributed by atoms with Crippen molar-refractivity contribution >= 4 is 29.3 Å². The molecule has 12 heteroatoms. The Morgan fingerprint density at radius 3 is 2.52 bits per heavy atom. The molecule has 44 heavy (non-hydrogen) atoms. The van der Waals surface area contributed by atoms with E-state index in [0.717, 1.165) is 5.56 Å². The Balaban J connectivity index is 1.58. The molecule has 3 atom stereocenters. The fourth-order valence-corrected chi connectivity index (χ4v) is 6.16. The predicted molar refractivity (Wildman–Crippen MR) is 166 cm³/mol. The lowest BCUT2D eigenvalue weighted by Gasteiger charge is -2.35. The van der Waals surface area contributed by atoms with Gasteiger partial charge >= 0.3 is 6.09 Å². The van der Waals surface area contributed by atoms with Crippen LogP contribution in [0.1, 0.15) is 70.9 Å². The Hall–Kier alpha value is -3.37. The molecule has 0 radical (unpaired) electrons. The topological polar surface area (TPSA) is 126 Å². The lowest BCUT2D eigenvalue weighted by molar-refractivity contribution is -0.118. The zero-order valence-electron chi connectivity index (χ0n) is 25.9. The fourth-order valence-electron chi connectivity index (χ4n) is 6.04. The van der Waals surface area contributed by atoms with Gasteiger partial charge in [-0.3, -0.25) is 9.69 Å². The molecule has 0 saturated carbocycles. The highest BCUT2D eigenvalue weighted by Gasteiger charge is 2.45. The summed E-state index contributed by atoms with van der Waals surface area (Å²) in [4.78, 5) is 31.5. The molecule has 2 aromatic rings.